The normalized spacial score (nSPS) is 12.2. The molecule has 0 atom stereocenters. The maximum absolute atomic E-state index is 13.3. The number of carbonyl (C=O) groups excluding carboxylic acids is 1. The minimum atomic E-state index is -4.82. The third-order valence-corrected chi connectivity index (χ3v) is 6.17. The van der Waals surface area contributed by atoms with E-state index in [0.29, 0.717) is 18.4 Å². The second-order valence-electron chi connectivity index (χ2n) is 5.60. The molecule has 0 saturated heterocycles. The molecule has 146 valence electrons. The van der Waals surface area contributed by atoms with E-state index >= 15 is 0 Å². The summed E-state index contributed by atoms with van der Waals surface area (Å²) in [6.45, 7) is 0. The molecule has 3 aromatic rings. The number of hydrogen-bond acceptors (Lipinski definition) is 4. The number of furan rings is 1. The summed E-state index contributed by atoms with van der Waals surface area (Å²) in [6, 6.07) is 8.80. The molecule has 0 saturated carbocycles. The molecule has 0 fully saturated rings. The van der Waals surface area contributed by atoms with Gasteiger partial charge < -0.3 is 4.42 Å². The van der Waals surface area contributed by atoms with E-state index in [1.165, 1.54) is 36.4 Å². The molecule has 0 aliphatic carbocycles. The second-order valence-corrected chi connectivity index (χ2v) is 8.36. The number of sulfone groups is 1. The highest BCUT2D eigenvalue weighted by molar-refractivity contribution is 7.91. The highest BCUT2D eigenvalue weighted by Crippen LogP contribution is 2.42. The Morgan fingerprint density at radius 1 is 0.964 bits per heavy atom. The highest BCUT2D eigenvalue weighted by Gasteiger charge is 2.36. The first-order valence-corrected chi connectivity index (χ1v) is 9.74. The number of rotatable bonds is 4. The van der Waals surface area contributed by atoms with E-state index in [1.807, 2.05) is 0 Å². The molecule has 0 aliphatic rings. The molecule has 0 amide bonds. The number of benzene rings is 2. The lowest BCUT2D eigenvalue weighted by atomic mass is 10.1. The minimum Gasteiger partial charge on any atom is -0.453 e. The van der Waals surface area contributed by atoms with Crippen LogP contribution in [0, 0.1) is 0 Å². The van der Waals surface area contributed by atoms with Crippen molar-refractivity contribution in [1.29, 1.82) is 0 Å². The summed E-state index contributed by atoms with van der Waals surface area (Å²) in [6.07, 6.45) is -4.48. The van der Waals surface area contributed by atoms with Crippen molar-refractivity contribution >= 4 is 39.3 Å². The Hall–Kier alpha value is -2.29. The van der Waals surface area contributed by atoms with Crippen LogP contribution >= 0.6 is 23.2 Å². The summed E-state index contributed by atoms with van der Waals surface area (Å²) in [5.41, 5.74) is -1.61. The van der Waals surface area contributed by atoms with E-state index in [-0.39, 0.29) is 27.0 Å². The fourth-order valence-electron chi connectivity index (χ4n) is 2.49. The van der Waals surface area contributed by atoms with Crippen molar-refractivity contribution in [3.8, 4) is 11.3 Å². The SMILES string of the molecule is O=Cc1ccc(-c2cc(C(F)(F)F)c(Cl)cc2S(=O)(=O)c2ccc(Cl)cc2)o1. The Kier molecular flexibility index (Phi) is 5.31. The Labute approximate surface area is 167 Å². The van der Waals surface area contributed by atoms with Crippen LogP contribution in [0.4, 0.5) is 13.2 Å². The van der Waals surface area contributed by atoms with Crippen LogP contribution in [0.25, 0.3) is 11.3 Å². The first-order chi connectivity index (χ1) is 13.0. The summed E-state index contributed by atoms with van der Waals surface area (Å²) in [4.78, 5) is 10.1. The van der Waals surface area contributed by atoms with Crippen molar-refractivity contribution in [2.75, 3.05) is 0 Å². The molecule has 10 heteroatoms. The van der Waals surface area contributed by atoms with Crippen molar-refractivity contribution in [2.24, 2.45) is 0 Å². The van der Waals surface area contributed by atoms with Crippen LogP contribution in [0.3, 0.4) is 0 Å². The van der Waals surface area contributed by atoms with Crippen LogP contribution in [-0.2, 0) is 16.0 Å². The number of carbonyl (C=O) groups is 1. The van der Waals surface area contributed by atoms with Crippen molar-refractivity contribution < 1.29 is 30.8 Å². The molecule has 0 aliphatic heterocycles. The highest BCUT2D eigenvalue weighted by atomic mass is 35.5. The van der Waals surface area contributed by atoms with E-state index in [2.05, 4.69) is 0 Å². The van der Waals surface area contributed by atoms with Gasteiger partial charge in [0.25, 0.3) is 0 Å². The average Bonchev–Trinajstić information content (AvgIpc) is 3.10. The molecule has 4 nitrogen and oxygen atoms in total. The Balaban J connectivity index is 2.32. The average molecular weight is 449 g/mol. The lowest BCUT2D eigenvalue weighted by molar-refractivity contribution is -0.137. The van der Waals surface area contributed by atoms with E-state index in [0.717, 1.165) is 0 Å². The molecular formula is C18H9Cl2F3O4S. The van der Waals surface area contributed by atoms with Gasteiger partial charge >= 0.3 is 6.18 Å². The van der Waals surface area contributed by atoms with Gasteiger partial charge in [-0.05, 0) is 48.5 Å². The van der Waals surface area contributed by atoms with Crippen molar-refractivity contribution in [1.82, 2.24) is 0 Å². The Bertz CT molecular complexity index is 1150. The molecule has 0 spiro atoms. The van der Waals surface area contributed by atoms with Gasteiger partial charge in [0.2, 0.25) is 9.84 Å². The smallest absolute Gasteiger partial charge is 0.417 e. The lowest BCUT2D eigenvalue weighted by Crippen LogP contribution is -2.10. The zero-order chi connectivity index (χ0) is 20.7. The molecule has 28 heavy (non-hydrogen) atoms. The van der Waals surface area contributed by atoms with E-state index in [4.69, 9.17) is 27.6 Å². The standard InChI is InChI=1S/C18H9Cl2F3O4S/c19-10-1-4-12(5-2-10)28(25,26)17-8-15(20)14(18(21,22)23)7-13(17)16-6-3-11(9-24)27-16/h1-9H. The summed E-state index contributed by atoms with van der Waals surface area (Å²) in [5, 5.41) is -0.503. The predicted octanol–water partition coefficient (Wildman–Crippen LogP) is 5.92. The van der Waals surface area contributed by atoms with Crippen LogP contribution < -0.4 is 0 Å². The summed E-state index contributed by atoms with van der Waals surface area (Å²) in [7, 11) is -4.28. The summed E-state index contributed by atoms with van der Waals surface area (Å²) >= 11 is 11.5. The lowest BCUT2D eigenvalue weighted by Gasteiger charge is -2.15. The van der Waals surface area contributed by atoms with Crippen LogP contribution in [0.2, 0.25) is 10.0 Å². The topological polar surface area (TPSA) is 64.3 Å². The van der Waals surface area contributed by atoms with Crippen molar-refractivity contribution in [3.05, 3.63) is 69.9 Å². The Morgan fingerprint density at radius 3 is 2.14 bits per heavy atom. The van der Waals surface area contributed by atoms with E-state index < -0.39 is 31.5 Å². The first kappa shape index (κ1) is 20.4. The monoisotopic (exact) mass is 448 g/mol. The van der Waals surface area contributed by atoms with Crippen LogP contribution in [0.1, 0.15) is 16.1 Å². The fraction of sp³-hybridized carbons (Fsp3) is 0.0556. The third kappa shape index (κ3) is 3.80. The van der Waals surface area contributed by atoms with Gasteiger partial charge in [-0.25, -0.2) is 8.42 Å². The zero-order valence-electron chi connectivity index (χ0n) is 13.6. The molecule has 1 aromatic heterocycles. The molecule has 0 N–H and O–H groups in total. The number of aldehydes is 1. The summed E-state index contributed by atoms with van der Waals surface area (Å²) in [5.74, 6) is -0.398. The third-order valence-electron chi connectivity index (χ3n) is 3.80. The molecule has 3 rings (SSSR count). The van der Waals surface area contributed by atoms with Gasteiger partial charge in [-0.15, -0.1) is 0 Å². The minimum absolute atomic E-state index is 0.173. The fourth-order valence-corrected chi connectivity index (χ4v) is 4.42. The van der Waals surface area contributed by atoms with Gasteiger partial charge in [-0.3, -0.25) is 4.79 Å². The van der Waals surface area contributed by atoms with Gasteiger partial charge in [-0.1, -0.05) is 23.2 Å². The Morgan fingerprint density at radius 2 is 1.61 bits per heavy atom. The van der Waals surface area contributed by atoms with E-state index in [9.17, 15) is 26.4 Å². The van der Waals surface area contributed by atoms with Crippen molar-refractivity contribution in [3.63, 3.8) is 0 Å². The second kappa shape index (κ2) is 7.27. The van der Waals surface area contributed by atoms with Gasteiger partial charge in [0.15, 0.2) is 12.0 Å². The van der Waals surface area contributed by atoms with Crippen LogP contribution in [0.5, 0.6) is 0 Å². The van der Waals surface area contributed by atoms with Gasteiger partial charge in [0.1, 0.15) is 5.76 Å². The van der Waals surface area contributed by atoms with Crippen molar-refractivity contribution in [2.45, 2.75) is 16.0 Å². The van der Waals surface area contributed by atoms with E-state index in [1.54, 1.807) is 0 Å². The molecule has 0 bridgehead atoms. The molecule has 0 radical (unpaired) electrons. The molecular weight excluding hydrogens is 440 g/mol. The zero-order valence-corrected chi connectivity index (χ0v) is 16.0. The van der Waals surface area contributed by atoms with Gasteiger partial charge in [0.05, 0.1) is 20.4 Å². The molecule has 1 heterocycles. The van der Waals surface area contributed by atoms with Gasteiger partial charge in [-0.2, -0.15) is 13.2 Å². The van der Waals surface area contributed by atoms with Crippen LogP contribution in [0.15, 0.2) is 62.7 Å². The largest absolute Gasteiger partial charge is 0.453 e. The molecule has 0 unspecified atom stereocenters. The quantitative estimate of drug-likeness (QED) is 0.464. The summed E-state index contributed by atoms with van der Waals surface area (Å²) < 4.78 is 71.1. The maximum Gasteiger partial charge on any atom is 0.417 e. The number of alkyl halides is 3. The number of hydrogen-bond donors (Lipinski definition) is 0. The number of halogens is 5. The predicted molar refractivity (Wildman–Crippen MR) is 96.4 cm³/mol. The molecule has 2 aromatic carbocycles. The maximum atomic E-state index is 13.3. The van der Waals surface area contributed by atoms with Gasteiger partial charge in [0, 0.05) is 10.6 Å². The van der Waals surface area contributed by atoms with Crippen LogP contribution in [-0.4, -0.2) is 14.7 Å². The first-order valence-electron chi connectivity index (χ1n) is 7.51.